The molecule has 1 aliphatic rings. The highest BCUT2D eigenvalue weighted by Gasteiger charge is 2.43. The van der Waals surface area contributed by atoms with Gasteiger partial charge >= 0.3 is 5.92 Å². The van der Waals surface area contributed by atoms with Crippen molar-refractivity contribution in [1.82, 2.24) is 5.32 Å². The fourth-order valence-corrected chi connectivity index (χ4v) is 1.61. The molecule has 0 aromatic heterocycles. The molecule has 2 nitrogen and oxygen atoms in total. The normalized spacial score (nSPS) is 21.9. The Labute approximate surface area is 91.2 Å². The molecule has 5 heteroatoms. The Morgan fingerprint density at radius 2 is 2.00 bits per heavy atom. The van der Waals surface area contributed by atoms with Gasteiger partial charge in [0.1, 0.15) is 0 Å². The van der Waals surface area contributed by atoms with Crippen LogP contribution in [-0.2, 0) is 10.7 Å². The molecule has 15 heavy (non-hydrogen) atoms. The van der Waals surface area contributed by atoms with Crippen molar-refractivity contribution in [3.8, 4) is 0 Å². The summed E-state index contributed by atoms with van der Waals surface area (Å²) in [7, 11) is 0. The highest BCUT2D eigenvalue weighted by Crippen LogP contribution is 2.33. The van der Waals surface area contributed by atoms with Gasteiger partial charge in [-0.05, 0) is 12.1 Å². The second-order valence-electron chi connectivity index (χ2n) is 3.33. The average molecular weight is 234 g/mol. The molecule has 1 aromatic carbocycles. The van der Waals surface area contributed by atoms with Crippen molar-refractivity contribution < 1.29 is 13.5 Å². The van der Waals surface area contributed by atoms with Gasteiger partial charge in [-0.2, -0.15) is 8.78 Å². The van der Waals surface area contributed by atoms with Gasteiger partial charge in [0.2, 0.25) is 0 Å². The SMILES string of the molecule is FC(F)(c1ccc(Cl)cc1)C1NCCO1. The third-order valence-electron chi connectivity index (χ3n) is 2.27. The van der Waals surface area contributed by atoms with Crippen LogP contribution < -0.4 is 5.32 Å². The lowest BCUT2D eigenvalue weighted by atomic mass is 10.1. The zero-order valence-corrected chi connectivity index (χ0v) is 8.60. The molecule has 1 aliphatic heterocycles. The van der Waals surface area contributed by atoms with Gasteiger partial charge < -0.3 is 4.74 Å². The van der Waals surface area contributed by atoms with Crippen LogP contribution in [0.4, 0.5) is 8.78 Å². The van der Waals surface area contributed by atoms with E-state index in [1.165, 1.54) is 24.3 Å². The summed E-state index contributed by atoms with van der Waals surface area (Å²) in [6, 6.07) is 5.51. The minimum atomic E-state index is -3.03. The highest BCUT2D eigenvalue weighted by molar-refractivity contribution is 6.30. The van der Waals surface area contributed by atoms with E-state index in [9.17, 15) is 8.78 Å². The first-order chi connectivity index (χ1) is 7.10. The summed E-state index contributed by atoms with van der Waals surface area (Å²) in [5.74, 6) is -3.03. The molecule has 1 atom stereocenters. The van der Waals surface area contributed by atoms with E-state index in [0.717, 1.165) is 0 Å². The van der Waals surface area contributed by atoms with Gasteiger partial charge in [0, 0.05) is 17.1 Å². The standard InChI is InChI=1S/C10H10ClF2NO/c11-8-3-1-7(2-4-8)10(12,13)9-14-5-6-15-9/h1-4,9,14H,5-6H2. The third kappa shape index (κ3) is 2.12. The maximum absolute atomic E-state index is 13.8. The summed E-state index contributed by atoms with van der Waals surface area (Å²) >= 11 is 5.63. The third-order valence-corrected chi connectivity index (χ3v) is 2.53. The van der Waals surface area contributed by atoms with Crippen LogP contribution in [0.2, 0.25) is 5.02 Å². The molecule has 82 valence electrons. The van der Waals surface area contributed by atoms with Crippen LogP contribution in [0.1, 0.15) is 5.56 Å². The lowest BCUT2D eigenvalue weighted by molar-refractivity contribution is -0.130. The lowest BCUT2D eigenvalue weighted by Crippen LogP contribution is -2.39. The average Bonchev–Trinajstić information content (AvgIpc) is 2.71. The Bertz CT molecular complexity index is 336. The van der Waals surface area contributed by atoms with E-state index in [1.54, 1.807) is 0 Å². The van der Waals surface area contributed by atoms with E-state index in [0.29, 0.717) is 18.2 Å². The predicted molar refractivity (Wildman–Crippen MR) is 53.1 cm³/mol. The molecule has 0 amide bonds. The number of ether oxygens (including phenoxy) is 1. The van der Waals surface area contributed by atoms with Crippen LogP contribution >= 0.6 is 11.6 Å². The van der Waals surface area contributed by atoms with Crippen molar-refractivity contribution in [3.05, 3.63) is 34.9 Å². The van der Waals surface area contributed by atoms with Gasteiger partial charge in [-0.1, -0.05) is 23.7 Å². The molecule has 0 spiro atoms. The number of hydrogen-bond donors (Lipinski definition) is 1. The summed E-state index contributed by atoms with van der Waals surface area (Å²) < 4.78 is 32.4. The molecule has 1 N–H and O–H groups in total. The summed E-state index contributed by atoms with van der Waals surface area (Å²) in [6.45, 7) is 0.766. The zero-order valence-electron chi connectivity index (χ0n) is 7.84. The number of benzene rings is 1. The lowest BCUT2D eigenvalue weighted by Gasteiger charge is -2.22. The van der Waals surface area contributed by atoms with Crippen molar-refractivity contribution in [3.63, 3.8) is 0 Å². The molecule has 1 heterocycles. The first-order valence-electron chi connectivity index (χ1n) is 4.59. The molecule has 0 radical (unpaired) electrons. The Morgan fingerprint density at radius 3 is 2.53 bits per heavy atom. The summed E-state index contributed by atoms with van der Waals surface area (Å²) in [6.07, 6.45) is -1.24. The van der Waals surface area contributed by atoms with Gasteiger partial charge in [0.15, 0.2) is 6.23 Å². The van der Waals surface area contributed by atoms with E-state index < -0.39 is 12.2 Å². The van der Waals surface area contributed by atoms with Crippen LogP contribution in [0.5, 0.6) is 0 Å². The van der Waals surface area contributed by atoms with E-state index in [1.807, 2.05) is 0 Å². The molecule has 0 saturated carbocycles. The number of nitrogens with one attached hydrogen (secondary N) is 1. The molecule has 1 aromatic rings. The second kappa shape index (κ2) is 4.04. The van der Waals surface area contributed by atoms with Crippen molar-refractivity contribution in [2.75, 3.05) is 13.2 Å². The maximum atomic E-state index is 13.8. The Balaban J connectivity index is 2.23. The Kier molecular flexibility index (Phi) is 2.91. The van der Waals surface area contributed by atoms with Crippen molar-refractivity contribution >= 4 is 11.6 Å². The second-order valence-corrected chi connectivity index (χ2v) is 3.77. The van der Waals surface area contributed by atoms with E-state index in [2.05, 4.69) is 5.32 Å². The number of alkyl halides is 2. The predicted octanol–water partition coefficient (Wildman–Crippen LogP) is 2.38. The van der Waals surface area contributed by atoms with Crippen LogP contribution in [0, 0.1) is 0 Å². The van der Waals surface area contributed by atoms with Gasteiger partial charge in [0.05, 0.1) is 6.61 Å². The van der Waals surface area contributed by atoms with Crippen LogP contribution in [-0.4, -0.2) is 19.4 Å². The monoisotopic (exact) mass is 233 g/mol. The molecular weight excluding hydrogens is 224 g/mol. The van der Waals surface area contributed by atoms with Gasteiger partial charge in [-0.15, -0.1) is 0 Å². The first-order valence-corrected chi connectivity index (χ1v) is 4.97. The minimum Gasteiger partial charge on any atom is -0.355 e. The molecule has 1 unspecified atom stereocenters. The van der Waals surface area contributed by atoms with Crippen LogP contribution in [0.3, 0.4) is 0 Å². The number of halogens is 3. The molecular formula is C10H10ClF2NO. The highest BCUT2D eigenvalue weighted by atomic mass is 35.5. The van der Waals surface area contributed by atoms with Gasteiger partial charge in [-0.25, -0.2) is 0 Å². The number of rotatable bonds is 2. The van der Waals surface area contributed by atoms with Crippen molar-refractivity contribution in [1.29, 1.82) is 0 Å². The largest absolute Gasteiger partial charge is 0.355 e. The fraction of sp³-hybridized carbons (Fsp3) is 0.400. The van der Waals surface area contributed by atoms with E-state index in [4.69, 9.17) is 16.3 Å². The smallest absolute Gasteiger partial charge is 0.311 e. The topological polar surface area (TPSA) is 21.3 Å². The van der Waals surface area contributed by atoms with E-state index in [-0.39, 0.29) is 5.56 Å². The Hall–Kier alpha value is -0.710. The van der Waals surface area contributed by atoms with Gasteiger partial charge in [0.25, 0.3) is 0 Å². The summed E-state index contributed by atoms with van der Waals surface area (Å²) in [5.41, 5.74) is -0.0914. The Morgan fingerprint density at radius 1 is 1.33 bits per heavy atom. The van der Waals surface area contributed by atoms with E-state index >= 15 is 0 Å². The quantitative estimate of drug-likeness (QED) is 0.847. The maximum Gasteiger partial charge on any atom is 0.311 e. The molecule has 2 rings (SSSR count). The number of hydrogen-bond acceptors (Lipinski definition) is 2. The summed E-state index contributed by atoms with van der Waals surface area (Å²) in [5, 5.41) is 3.04. The zero-order chi connectivity index (χ0) is 10.9. The summed E-state index contributed by atoms with van der Waals surface area (Å²) in [4.78, 5) is 0. The van der Waals surface area contributed by atoms with Crippen LogP contribution in [0.25, 0.3) is 0 Å². The van der Waals surface area contributed by atoms with Crippen LogP contribution in [0.15, 0.2) is 24.3 Å². The molecule has 0 aliphatic carbocycles. The van der Waals surface area contributed by atoms with Gasteiger partial charge in [-0.3, -0.25) is 5.32 Å². The fourth-order valence-electron chi connectivity index (χ4n) is 1.48. The van der Waals surface area contributed by atoms with Crippen molar-refractivity contribution in [2.45, 2.75) is 12.2 Å². The first kappa shape index (κ1) is 10.8. The molecule has 1 saturated heterocycles. The molecule has 1 fully saturated rings. The molecule has 0 bridgehead atoms. The van der Waals surface area contributed by atoms with Crippen molar-refractivity contribution in [2.24, 2.45) is 0 Å². The minimum absolute atomic E-state index is 0.0914.